The third kappa shape index (κ3) is 28.4. The summed E-state index contributed by atoms with van der Waals surface area (Å²) in [6, 6.07) is 26.8. The van der Waals surface area contributed by atoms with Gasteiger partial charge in [-0.25, -0.2) is 55.3 Å². The van der Waals surface area contributed by atoms with Crippen molar-refractivity contribution in [2.75, 3.05) is 170 Å². The van der Waals surface area contributed by atoms with Gasteiger partial charge in [0.15, 0.2) is 22.9 Å². The van der Waals surface area contributed by atoms with E-state index in [1.165, 1.54) is 79.9 Å². The molecule has 0 aliphatic carbocycles. The molecule has 0 bridgehead atoms. The molecule has 5 aliphatic rings. The SMILES string of the molecule is CC(C)(C)OC(=O)N1CCN(c2cc(/C(N)=N/O)ccc2F)CC1.COCc1nc(-c2ccc(F)c(N3CCN(C(=O)OC(C)(C)C)CC3)c2)no1.COCc1nc(-c2ccc(F)c(N3CCNCC3)c2)no1.[C-]#[N+]c1ccc(F)c(Br)c1.[C-]#[N+]c1ccc(F)c(N2CCN(C(=O)OC(C)(C)C)CC2)c1.[C-]#[N+]c1ccc(F)c(N2CCNCC2)c1. The number of ether oxygens (including phenoxy) is 5. The number of nitrogens with two attached hydrogens (primary N) is 1. The Kier molecular flexibility index (Phi) is 34.5. The molecule has 642 valence electrons. The molecule has 0 atom stereocenters. The lowest BCUT2D eigenvalue weighted by molar-refractivity contribution is 0.0230. The molecule has 3 amide bonds. The van der Waals surface area contributed by atoms with E-state index >= 15 is 0 Å². The number of halogens is 7. The van der Waals surface area contributed by atoms with Crippen molar-refractivity contribution in [2.24, 2.45) is 10.9 Å². The lowest BCUT2D eigenvalue weighted by Gasteiger charge is -2.37. The maximum atomic E-state index is 14.4. The standard InChI is InChI=1S/C19H25FN4O4.C16H23FN4O3.C16H20FN3O2.C14H17FN4O2.C11H12FN3.C7H3BrFN/c1-19(2,3)27-18(25)24-9-7-23(8-10-24)15-11-13(5-6-14(15)20)17-21-16(12-26-4)28-22-17;1-16(2,3)24-15(22)21-8-6-20(7-9-21)13-10-11(14(18)19-23)4-5-12(13)17;1-16(2,3)22-15(21)20-9-7-19(8-10-20)14-11-12(18-4)5-6-13(14)17;1-20-9-13-17-14(18-21-13)10-2-3-11(15)12(8-10)19-6-4-16-5-7-19;1-13-9-2-3-10(12)11(8-9)15-6-4-14-5-7-15;1-10-5-2-3-7(9)6(8)4-5/h5-6,11H,7-10,12H2,1-4H3;4-5,10,23H,6-9H2,1-3H3,(H2,18,19);5-6,11H,7-10H2,1-3H3;2-3,8,16H,4-7,9H2,1H3;2-3,8,14H,4-7H2;2-4H. The number of carbonyl (C=O) groups is 3. The van der Waals surface area contributed by atoms with Crippen LogP contribution in [0.3, 0.4) is 0 Å². The van der Waals surface area contributed by atoms with Gasteiger partial charge >= 0.3 is 18.3 Å². The number of anilines is 5. The summed E-state index contributed by atoms with van der Waals surface area (Å²) in [5, 5.41) is 25.9. The third-order valence-electron chi connectivity index (χ3n) is 18.1. The van der Waals surface area contributed by atoms with Gasteiger partial charge in [-0.15, -0.1) is 0 Å². The van der Waals surface area contributed by atoms with E-state index in [1.54, 1.807) is 58.2 Å². The van der Waals surface area contributed by atoms with E-state index < -0.39 is 22.6 Å². The van der Waals surface area contributed by atoms with Crippen molar-refractivity contribution in [1.29, 1.82) is 0 Å². The normalized spacial score (nSPS) is 15.0. The highest BCUT2D eigenvalue weighted by molar-refractivity contribution is 9.10. The Morgan fingerprint density at radius 2 is 0.742 bits per heavy atom. The van der Waals surface area contributed by atoms with Gasteiger partial charge in [-0.1, -0.05) is 33.7 Å². The summed E-state index contributed by atoms with van der Waals surface area (Å²) < 4.78 is 119. The number of carbonyl (C=O) groups excluding carboxylic acids is 3. The fourth-order valence-corrected chi connectivity index (χ4v) is 12.6. The van der Waals surface area contributed by atoms with Crippen LogP contribution in [0.5, 0.6) is 0 Å². The first-order valence-electron chi connectivity index (χ1n) is 38.4. The van der Waals surface area contributed by atoms with Crippen molar-refractivity contribution in [1.82, 2.24) is 45.6 Å². The summed E-state index contributed by atoms with van der Waals surface area (Å²) in [6.45, 7) is 49.6. The Hall–Kier alpha value is -12.0. The van der Waals surface area contributed by atoms with E-state index in [0.29, 0.717) is 163 Å². The van der Waals surface area contributed by atoms with Gasteiger partial charge in [0.05, 0.1) is 48.2 Å². The largest absolute Gasteiger partial charge is 0.444 e. The van der Waals surface area contributed by atoms with Crippen LogP contribution in [0, 0.1) is 54.6 Å². The Morgan fingerprint density at radius 1 is 0.450 bits per heavy atom. The number of amidine groups is 1. The number of hydrogen-bond donors (Lipinski definition) is 4. The van der Waals surface area contributed by atoms with E-state index in [2.05, 4.69) is 66.5 Å². The highest BCUT2D eigenvalue weighted by Crippen LogP contribution is 2.33. The summed E-state index contributed by atoms with van der Waals surface area (Å²) >= 11 is 2.97. The minimum atomic E-state index is -0.546. The van der Waals surface area contributed by atoms with E-state index in [-0.39, 0.29) is 66.4 Å². The molecule has 0 saturated carbocycles. The fourth-order valence-electron chi connectivity index (χ4n) is 12.2. The predicted molar refractivity (Wildman–Crippen MR) is 446 cm³/mol. The van der Waals surface area contributed by atoms with Gasteiger partial charge in [0.1, 0.15) is 64.9 Å². The monoisotopic (exact) mass is 1730 g/mol. The topological polar surface area (TPSA) is 297 Å². The third-order valence-corrected chi connectivity index (χ3v) is 18.7. The molecule has 37 heteroatoms. The summed E-state index contributed by atoms with van der Waals surface area (Å²) in [5.41, 5.74) is 9.44. The number of aromatic nitrogens is 4. The lowest BCUT2D eigenvalue weighted by atomic mass is 10.1. The molecule has 0 unspecified atom stereocenters. The molecule has 2 aromatic heterocycles. The highest BCUT2D eigenvalue weighted by atomic mass is 79.9. The molecule has 120 heavy (non-hydrogen) atoms. The zero-order valence-electron chi connectivity index (χ0n) is 68.9. The molecule has 0 spiro atoms. The van der Waals surface area contributed by atoms with Crippen LogP contribution in [0.2, 0.25) is 0 Å². The van der Waals surface area contributed by atoms with Crippen molar-refractivity contribution in [2.45, 2.75) is 92.3 Å². The predicted octanol–water partition coefficient (Wildman–Crippen LogP) is 14.8. The van der Waals surface area contributed by atoms with Gasteiger partial charge in [-0.05, 0) is 169 Å². The minimum Gasteiger partial charge on any atom is -0.444 e. The number of methoxy groups -OCH3 is 2. The Balaban J connectivity index is 0.000000183. The first kappa shape index (κ1) is 93.5. The van der Waals surface area contributed by atoms with Crippen LogP contribution in [0.1, 0.15) is 79.7 Å². The molecule has 13 rings (SSSR count). The average Bonchev–Trinajstić information content (AvgIpc) is 1.45. The summed E-state index contributed by atoms with van der Waals surface area (Å²) in [7, 11) is 3.10. The molecule has 7 heterocycles. The Morgan fingerprint density at radius 3 is 1.05 bits per heavy atom. The van der Waals surface area contributed by atoms with Crippen LogP contribution in [-0.2, 0) is 36.9 Å². The average molecular weight is 1730 g/mol. The molecule has 5 aliphatic heterocycles. The van der Waals surface area contributed by atoms with E-state index in [1.807, 2.05) is 86.8 Å². The molecule has 8 aromatic rings. The van der Waals surface area contributed by atoms with Crippen molar-refractivity contribution >= 4 is 85.5 Å². The number of oxime groups is 1. The second-order valence-electron chi connectivity index (χ2n) is 30.4. The molecule has 5 saturated heterocycles. The quantitative estimate of drug-likeness (QED) is 0.0168. The summed E-state index contributed by atoms with van der Waals surface area (Å²) in [6.07, 6.45) is -1.06. The van der Waals surface area contributed by atoms with E-state index in [9.17, 15) is 40.7 Å². The van der Waals surface area contributed by atoms with Crippen LogP contribution in [0.4, 0.5) is 86.2 Å². The van der Waals surface area contributed by atoms with Crippen molar-refractivity contribution in [3.8, 4) is 22.8 Å². The number of benzene rings is 6. The van der Waals surface area contributed by atoms with E-state index in [4.69, 9.17) is 63.4 Å². The maximum absolute atomic E-state index is 14.4. The van der Waals surface area contributed by atoms with Gasteiger partial charge in [-0.2, -0.15) is 9.97 Å². The second kappa shape index (κ2) is 44.2. The number of rotatable bonds is 12. The number of hydrogen-bond acceptors (Lipinski definition) is 23. The van der Waals surface area contributed by atoms with Crippen molar-refractivity contribution in [3.63, 3.8) is 0 Å². The van der Waals surface area contributed by atoms with Crippen LogP contribution in [0.25, 0.3) is 37.3 Å². The Labute approximate surface area is 702 Å². The van der Waals surface area contributed by atoms with Crippen molar-refractivity contribution in [3.05, 3.63) is 200 Å². The van der Waals surface area contributed by atoms with Gasteiger partial charge < -0.3 is 93.5 Å². The summed E-state index contributed by atoms with van der Waals surface area (Å²) in [5.74, 6) is -0.404. The molecule has 6 aromatic carbocycles. The highest BCUT2D eigenvalue weighted by Gasteiger charge is 2.32. The minimum absolute atomic E-state index is 0.0800. The van der Waals surface area contributed by atoms with Gasteiger partial charge in [0.25, 0.3) is 11.8 Å². The van der Waals surface area contributed by atoms with E-state index in [0.717, 1.165) is 57.9 Å². The van der Waals surface area contributed by atoms with Crippen LogP contribution in [0.15, 0.2) is 128 Å². The molecule has 30 nitrogen and oxygen atoms in total. The number of nitrogens with one attached hydrogen (secondary N) is 2. The number of amides is 3. The first-order valence-corrected chi connectivity index (χ1v) is 39.2. The number of piperazine rings is 5. The van der Waals surface area contributed by atoms with Crippen LogP contribution in [-0.4, -0.2) is 226 Å². The van der Waals surface area contributed by atoms with Crippen molar-refractivity contribution < 1.29 is 78.7 Å². The molecule has 0 radical (unpaired) electrons. The molecular formula is C83H100BrF6N19O11. The van der Waals surface area contributed by atoms with Crippen LogP contribution >= 0.6 is 15.9 Å². The van der Waals surface area contributed by atoms with Crippen LogP contribution < -0.4 is 40.9 Å². The smallest absolute Gasteiger partial charge is 0.410 e. The summed E-state index contributed by atoms with van der Waals surface area (Å²) in [4.78, 5) is 68.9. The molecule has 5 N–H and O–H groups in total. The lowest BCUT2D eigenvalue weighted by Crippen LogP contribution is -2.50. The maximum Gasteiger partial charge on any atom is 0.410 e. The van der Waals surface area contributed by atoms with Gasteiger partial charge in [0.2, 0.25) is 11.6 Å². The van der Waals surface area contributed by atoms with Gasteiger partial charge in [-0.3, -0.25) is 0 Å². The molecular weight excluding hydrogens is 1630 g/mol. The zero-order valence-corrected chi connectivity index (χ0v) is 70.4. The second-order valence-corrected chi connectivity index (χ2v) is 31.3. The first-order chi connectivity index (χ1) is 57.1. The van der Waals surface area contributed by atoms with Gasteiger partial charge in [0, 0.05) is 166 Å². The number of nitrogens with zero attached hydrogens (tertiary/aromatic N) is 16. The zero-order chi connectivity index (χ0) is 87.4. The molecule has 5 fully saturated rings. The fraction of sp³-hybridized carbons (Fsp3) is 0.434. The Bertz CT molecular complexity index is 4890.